The first-order chi connectivity index (χ1) is 8.56. The second-order valence-corrected chi connectivity index (χ2v) is 4.46. The molecule has 0 amide bonds. The molecule has 0 radical (unpaired) electrons. The van der Waals surface area contributed by atoms with E-state index >= 15 is 0 Å². The molecule has 1 heterocycles. The van der Waals surface area contributed by atoms with Gasteiger partial charge in [0.05, 0.1) is 11.9 Å². The lowest BCUT2D eigenvalue weighted by Crippen LogP contribution is -2.08. The summed E-state index contributed by atoms with van der Waals surface area (Å²) in [6.07, 6.45) is 1.51. The maximum atomic E-state index is 6.00. The summed E-state index contributed by atoms with van der Waals surface area (Å²) in [6, 6.07) is 9.27. The maximum Gasteiger partial charge on any atom is 0.238 e. The van der Waals surface area contributed by atoms with E-state index < -0.39 is 0 Å². The summed E-state index contributed by atoms with van der Waals surface area (Å²) < 4.78 is 5.63. The van der Waals surface area contributed by atoms with Gasteiger partial charge in [0.1, 0.15) is 10.8 Å². The van der Waals surface area contributed by atoms with Gasteiger partial charge < -0.3 is 15.4 Å². The van der Waals surface area contributed by atoms with E-state index in [2.05, 4.69) is 4.98 Å². The topological polar surface area (TPSA) is 51.4 Å². The van der Waals surface area contributed by atoms with Crippen molar-refractivity contribution in [3.63, 3.8) is 0 Å². The number of pyridine rings is 1. The number of hydrogen-bond acceptors (Lipinski definition) is 4. The Morgan fingerprint density at radius 3 is 2.72 bits per heavy atom. The van der Waals surface area contributed by atoms with E-state index in [1.54, 1.807) is 6.07 Å². The van der Waals surface area contributed by atoms with Gasteiger partial charge >= 0.3 is 0 Å². The second-order valence-electron chi connectivity index (χ2n) is 4.05. The van der Waals surface area contributed by atoms with Crippen molar-refractivity contribution in [3.05, 3.63) is 41.6 Å². The number of halogens is 1. The summed E-state index contributed by atoms with van der Waals surface area (Å²) in [5.74, 6) is 1.03. The standard InChI is InChI=1S/C13H14ClN3O/c1-17(2)10-4-3-5-11(7-10)18-13-12(14)6-9(15)8-16-13/h3-8H,15H2,1-2H3. The molecule has 0 unspecified atom stereocenters. The van der Waals surface area contributed by atoms with Crippen molar-refractivity contribution in [3.8, 4) is 11.6 Å². The van der Waals surface area contributed by atoms with Crippen molar-refractivity contribution in [2.45, 2.75) is 0 Å². The number of aromatic nitrogens is 1. The van der Waals surface area contributed by atoms with E-state index in [0.29, 0.717) is 22.3 Å². The number of rotatable bonds is 3. The van der Waals surface area contributed by atoms with Crippen molar-refractivity contribution >= 4 is 23.0 Å². The summed E-state index contributed by atoms with van der Waals surface area (Å²) in [5, 5.41) is 0.394. The van der Waals surface area contributed by atoms with E-state index in [9.17, 15) is 0 Å². The molecule has 94 valence electrons. The van der Waals surface area contributed by atoms with Crippen molar-refractivity contribution < 1.29 is 4.74 Å². The van der Waals surface area contributed by atoms with E-state index in [1.807, 2.05) is 43.3 Å². The van der Waals surface area contributed by atoms with Crippen molar-refractivity contribution in [2.75, 3.05) is 24.7 Å². The van der Waals surface area contributed by atoms with Gasteiger partial charge in [0.2, 0.25) is 5.88 Å². The molecule has 5 heteroatoms. The molecule has 1 aromatic carbocycles. The Morgan fingerprint density at radius 1 is 1.28 bits per heavy atom. The molecular formula is C13H14ClN3O. The molecule has 2 aromatic rings. The maximum absolute atomic E-state index is 6.00. The van der Waals surface area contributed by atoms with Gasteiger partial charge in [-0.1, -0.05) is 17.7 Å². The van der Waals surface area contributed by atoms with Crippen LogP contribution in [0.2, 0.25) is 5.02 Å². The summed E-state index contributed by atoms with van der Waals surface area (Å²) >= 11 is 6.00. The minimum absolute atomic E-state index is 0.349. The predicted molar refractivity (Wildman–Crippen MR) is 74.5 cm³/mol. The second kappa shape index (κ2) is 5.14. The van der Waals surface area contributed by atoms with Crippen LogP contribution >= 0.6 is 11.6 Å². The highest BCUT2D eigenvalue weighted by Gasteiger charge is 2.06. The van der Waals surface area contributed by atoms with Gasteiger partial charge in [-0.3, -0.25) is 0 Å². The summed E-state index contributed by atoms with van der Waals surface area (Å²) in [4.78, 5) is 6.05. The van der Waals surface area contributed by atoms with Crippen LogP contribution in [0, 0.1) is 0 Å². The highest BCUT2D eigenvalue weighted by molar-refractivity contribution is 6.32. The van der Waals surface area contributed by atoms with Crippen LogP contribution in [0.15, 0.2) is 36.5 Å². The fourth-order valence-corrected chi connectivity index (χ4v) is 1.67. The summed E-state index contributed by atoms with van der Waals surface area (Å²) in [7, 11) is 3.93. The molecule has 0 fully saturated rings. The van der Waals surface area contributed by atoms with Crippen LogP contribution in [-0.4, -0.2) is 19.1 Å². The number of benzene rings is 1. The van der Waals surface area contributed by atoms with Crippen molar-refractivity contribution in [2.24, 2.45) is 0 Å². The van der Waals surface area contributed by atoms with Gasteiger partial charge in [0.25, 0.3) is 0 Å². The van der Waals surface area contributed by atoms with Crippen LogP contribution in [0.3, 0.4) is 0 Å². The molecule has 0 bridgehead atoms. The minimum atomic E-state index is 0.349. The highest BCUT2D eigenvalue weighted by atomic mass is 35.5. The molecule has 0 aliphatic carbocycles. The fraction of sp³-hybridized carbons (Fsp3) is 0.154. The van der Waals surface area contributed by atoms with E-state index in [0.717, 1.165) is 5.69 Å². The molecule has 2 N–H and O–H groups in total. The normalized spacial score (nSPS) is 10.2. The third-order valence-electron chi connectivity index (χ3n) is 2.38. The van der Waals surface area contributed by atoms with Crippen LogP contribution in [0.1, 0.15) is 0 Å². The molecule has 0 saturated carbocycles. The number of hydrogen-bond donors (Lipinski definition) is 1. The first-order valence-electron chi connectivity index (χ1n) is 5.42. The third kappa shape index (κ3) is 2.84. The molecule has 0 spiro atoms. The number of nitrogens with zero attached hydrogens (tertiary/aromatic N) is 2. The van der Waals surface area contributed by atoms with Gasteiger partial charge in [-0.15, -0.1) is 0 Å². The molecule has 4 nitrogen and oxygen atoms in total. The van der Waals surface area contributed by atoms with Gasteiger partial charge in [-0.2, -0.15) is 0 Å². The van der Waals surface area contributed by atoms with Gasteiger partial charge in [0.15, 0.2) is 0 Å². The van der Waals surface area contributed by atoms with Crippen LogP contribution in [0.4, 0.5) is 11.4 Å². The predicted octanol–water partition coefficient (Wildman–Crippen LogP) is 3.18. The SMILES string of the molecule is CN(C)c1cccc(Oc2ncc(N)cc2Cl)c1. The largest absolute Gasteiger partial charge is 0.437 e. The van der Waals surface area contributed by atoms with E-state index in [4.69, 9.17) is 22.1 Å². The first-order valence-corrected chi connectivity index (χ1v) is 5.80. The average Bonchev–Trinajstić information content (AvgIpc) is 2.33. The van der Waals surface area contributed by atoms with Crippen molar-refractivity contribution in [1.29, 1.82) is 0 Å². The zero-order valence-electron chi connectivity index (χ0n) is 10.2. The highest BCUT2D eigenvalue weighted by Crippen LogP contribution is 2.29. The van der Waals surface area contributed by atoms with E-state index in [1.165, 1.54) is 6.20 Å². The molecule has 0 saturated heterocycles. The smallest absolute Gasteiger partial charge is 0.238 e. The van der Waals surface area contributed by atoms with Crippen LogP contribution in [-0.2, 0) is 0 Å². The number of ether oxygens (including phenoxy) is 1. The molecular weight excluding hydrogens is 250 g/mol. The van der Waals surface area contributed by atoms with Crippen LogP contribution in [0.5, 0.6) is 11.6 Å². The summed E-state index contributed by atoms with van der Waals surface area (Å²) in [5.41, 5.74) is 7.13. The molecule has 0 aliphatic rings. The number of nitrogen functional groups attached to an aromatic ring is 1. The first kappa shape index (κ1) is 12.5. The molecule has 0 atom stereocenters. The lowest BCUT2D eigenvalue weighted by molar-refractivity contribution is 0.463. The van der Waals surface area contributed by atoms with Crippen molar-refractivity contribution in [1.82, 2.24) is 4.98 Å². The van der Waals surface area contributed by atoms with Crippen LogP contribution < -0.4 is 15.4 Å². The fourth-order valence-electron chi connectivity index (χ4n) is 1.45. The Bertz CT molecular complexity index is 558. The Hall–Kier alpha value is -1.94. The Labute approximate surface area is 111 Å². The Balaban J connectivity index is 2.25. The zero-order valence-corrected chi connectivity index (χ0v) is 11.0. The van der Waals surface area contributed by atoms with E-state index in [-0.39, 0.29) is 0 Å². The quantitative estimate of drug-likeness (QED) is 0.924. The third-order valence-corrected chi connectivity index (χ3v) is 2.65. The van der Waals surface area contributed by atoms with Gasteiger partial charge in [-0.25, -0.2) is 4.98 Å². The molecule has 1 aromatic heterocycles. The molecule has 2 rings (SSSR count). The van der Waals surface area contributed by atoms with Gasteiger partial charge in [0, 0.05) is 25.8 Å². The monoisotopic (exact) mass is 263 g/mol. The van der Waals surface area contributed by atoms with Gasteiger partial charge in [-0.05, 0) is 18.2 Å². The number of anilines is 2. The zero-order chi connectivity index (χ0) is 13.1. The molecule has 0 aliphatic heterocycles. The Morgan fingerprint density at radius 2 is 2.06 bits per heavy atom. The van der Waals surface area contributed by atoms with Crippen LogP contribution in [0.25, 0.3) is 0 Å². The Kier molecular flexibility index (Phi) is 3.58. The lowest BCUT2D eigenvalue weighted by Gasteiger charge is -2.14. The summed E-state index contributed by atoms with van der Waals surface area (Å²) in [6.45, 7) is 0. The molecule has 18 heavy (non-hydrogen) atoms. The minimum Gasteiger partial charge on any atom is -0.437 e. The number of nitrogens with two attached hydrogens (primary N) is 1. The lowest BCUT2D eigenvalue weighted by atomic mass is 10.3. The average molecular weight is 264 g/mol.